The predicted molar refractivity (Wildman–Crippen MR) is 63.4 cm³/mol. The maximum atomic E-state index is 12.1. The molecule has 2 nitrogen and oxygen atoms in total. The van der Waals surface area contributed by atoms with Crippen LogP contribution in [0.25, 0.3) is 0 Å². The third-order valence-corrected chi connectivity index (χ3v) is 2.96. The molecule has 0 unspecified atom stereocenters. The number of rotatable bonds is 3. The number of hydrogen-bond acceptors (Lipinski definition) is 2. The van der Waals surface area contributed by atoms with Gasteiger partial charge in [0.1, 0.15) is 0 Å². The quantitative estimate of drug-likeness (QED) is 0.778. The number of benzene rings is 1. The van der Waals surface area contributed by atoms with E-state index in [9.17, 15) is 4.79 Å². The van der Waals surface area contributed by atoms with E-state index in [0.717, 1.165) is 29.8 Å². The van der Waals surface area contributed by atoms with Gasteiger partial charge in [0.15, 0.2) is 0 Å². The molecule has 80 valence electrons. The highest BCUT2D eigenvalue weighted by Gasteiger charge is 2.31. The second-order valence-corrected chi connectivity index (χ2v) is 4.39. The number of carbonyl (C=O) groups excluding carboxylic acids is 1. The molecule has 1 aromatic rings. The Morgan fingerprint density at radius 2 is 2.27 bits per heavy atom. The van der Waals surface area contributed by atoms with Crippen LogP contribution in [0.5, 0.6) is 0 Å². The van der Waals surface area contributed by atoms with Crippen LogP contribution in [0.1, 0.15) is 30.1 Å². The van der Waals surface area contributed by atoms with Gasteiger partial charge in [-0.2, -0.15) is 0 Å². The summed E-state index contributed by atoms with van der Waals surface area (Å²) in [6, 6.07) is 7.92. The Morgan fingerprint density at radius 1 is 1.53 bits per heavy atom. The Labute approximate surface area is 95.7 Å². The molecule has 0 N–H and O–H groups in total. The monoisotopic (exact) mass is 221 g/mol. The van der Waals surface area contributed by atoms with E-state index in [4.69, 9.17) is 0 Å². The molecule has 0 aliphatic heterocycles. The van der Waals surface area contributed by atoms with Crippen LogP contribution in [-0.2, 0) is 0 Å². The molecule has 1 aliphatic rings. The lowest BCUT2D eigenvalue weighted by atomic mass is 10.2. The average molecular weight is 221 g/mol. The van der Waals surface area contributed by atoms with Gasteiger partial charge in [-0.15, -0.1) is 12.6 Å². The Morgan fingerprint density at radius 3 is 2.80 bits per heavy atom. The fraction of sp³-hybridized carbons (Fsp3) is 0.417. The number of hydrogen-bond donors (Lipinski definition) is 1. The summed E-state index contributed by atoms with van der Waals surface area (Å²) in [5.41, 5.74) is 0.747. The van der Waals surface area contributed by atoms with Gasteiger partial charge in [0, 0.05) is 23.0 Å². The average Bonchev–Trinajstić information content (AvgIpc) is 3.03. The topological polar surface area (TPSA) is 20.3 Å². The summed E-state index contributed by atoms with van der Waals surface area (Å²) in [5, 5.41) is 0. The van der Waals surface area contributed by atoms with Crippen LogP contribution in [0.3, 0.4) is 0 Å². The zero-order valence-electron chi connectivity index (χ0n) is 8.81. The molecule has 0 saturated heterocycles. The molecule has 0 aromatic heterocycles. The van der Waals surface area contributed by atoms with Gasteiger partial charge in [0.25, 0.3) is 5.91 Å². The van der Waals surface area contributed by atoms with Gasteiger partial charge in [-0.05, 0) is 38.0 Å². The molecule has 1 fully saturated rings. The van der Waals surface area contributed by atoms with Gasteiger partial charge < -0.3 is 4.90 Å². The van der Waals surface area contributed by atoms with Crippen LogP contribution in [0.2, 0.25) is 0 Å². The van der Waals surface area contributed by atoms with E-state index in [0.29, 0.717) is 6.04 Å². The first-order valence-electron chi connectivity index (χ1n) is 5.32. The zero-order valence-corrected chi connectivity index (χ0v) is 9.71. The first kappa shape index (κ1) is 10.6. The molecule has 0 spiro atoms. The van der Waals surface area contributed by atoms with Crippen molar-refractivity contribution in [3.05, 3.63) is 29.8 Å². The summed E-state index contributed by atoms with van der Waals surface area (Å²) in [6.45, 7) is 2.82. The molecule has 2 rings (SSSR count). The lowest BCUT2D eigenvalue weighted by molar-refractivity contribution is 0.0752. The SMILES string of the molecule is CCN(C(=O)c1cccc(S)c1)C1CC1. The van der Waals surface area contributed by atoms with Crippen molar-refractivity contribution in [1.82, 2.24) is 4.90 Å². The van der Waals surface area contributed by atoms with Gasteiger partial charge in [-0.1, -0.05) is 6.07 Å². The fourth-order valence-electron chi connectivity index (χ4n) is 1.76. The second kappa shape index (κ2) is 4.27. The minimum atomic E-state index is 0.135. The first-order chi connectivity index (χ1) is 7.22. The van der Waals surface area contributed by atoms with Crippen LogP contribution in [0, 0.1) is 0 Å². The van der Waals surface area contributed by atoms with Gasteiger partial charge >= 0.3 is 0 Å². The first-order valence-corrected chi connectivity index (χ1v) is 5.77. The standard InChI is InChI=1S/C12H15NOS/c1-2-13(10-6-7-10)12(14)9-4-3-5-11(15)8-9/h3-5,8,10,15H,2,6-7H2,1H3. The van der Waals surface area contributed by atoms with Gasteiger partial charge in [-0.3, -0.25) is 4.79 Å². The Hall–Kier alpha value is -0.960. The Bertz CT molecular complexity index is 374. The fourth-order valence-corrected chi connectivity index (χ4v) is 1.98. The Balaban J connectivity index is 2.18. The molecule has 0 atom stereocenters. The molecule has 0 heterocycles. The summed E-state index contributed by atoms with van der Waals surface area (Å²) in [6.07, 6.45) is 2.31. The molecule has 0 bridgehead atoms. The number of nitrogens with zero attached hydrogens (tertiary/aromatic N) is 1. The molecule has 1 saturated carbocycles. The van der Waals surface area contributed by atoms with E-state index in [-0.39, 0.29) is 5.91 Å². The highest BCUT2D eigenvalue weighted by molar-refractivity contribution is 7.80. The number of carbonyl (C=O) groups is 1. The van der Waals surface area contributed by atoms with E-state index in [1.807, 2.05) is 36.1 Å². The third-order valence-electron chi connectivity index (χ3n) is 2.68. The third kappa shape index (κ3) is 2.34. The lowest BCUT2D eigenvalue weighted by Gasteiger charge is -2.20. The maximum absolute atomic E-state index is 12.1. The summed E-state index contributed by atoms with van der Waals surface area (Å²) >= 11 is 4.24. The second-order valence-electron chi connectivity index (χ2n) is 3.87. The summed E-state index contributed by atoms with van der Waals surface area (Å²) in [7, 11) is 0. The summed E-state index contributed by atoms with van der Waals surface area (Å²) in [5.74, 6) is 0.135. The van der Waals surface area contributed by atoms with E-state index in [1.165, 1.54) is 0 Å². The van der Waals surface area contributed by atoms with Crippen molar-refractivity contribution in [3.63, 3.8) is 0 Å². The lowest BCUT2D eigenvalue weighted by Crippen LogP contribution is -2.32. The molecule has 1 aromatic carbocycles. The minimum Gasteiger partial charge on any atom is -0.336 e. The van der Waals surface area contributed by atoms with Gasteiger partial charge in [0.05, 0.1) is 0 Å². The minimum absolute atomic E-state index is 0.135. The van der Waals surface area contributed by atoms with Crippen LogP contribution < -0.4 is 0 Å². The molecule has 1 aliphatic carbocycles. The molecule has 0 radical (unpaired) electrons. The van der Waals surface area contributed by atoms with Gasteiger partial charge in [-0.25, -0.2) is 0 Å². The van der Waals surface area contributed by atoms with Crippen molar-refractivity contribution in [1.29, 1.82) is 0 Å². The largest absolute Gasteiger partial charge is 0.336 e. The van der Waals surface area contributed by atoms with E-state index in [2.05, 4.69) is 12.6 Å². The number of thiol groups is 1. The van der Waals surface area contributed by atoms with Crippen molar-refractivity contribution in [2.45, 2.75) is 30.7 Å². The van der Waals surface area contributed by atoms with E-state index < -0.39 is 0 Å². The Kier molecular flexibility index (Phi) is 3.00. The van der Waals surface area contributed by atoms with Gasteiger partial charge in [0.2, 0.25) is 0 Å². The van der Waals surface area contributed by atoms with E-state index in [1.54, 1.807) is 0 Å². The van der Waals surface area contributed by atoms with Crippen LogP contribution >= 0.6 is 12.6 Å². The molecular formula is C12H15NOS. The van der Waals surface area contributed by atoms with Crippen LogP contribution in [0.15, 0.2) is 29.2 Å². The van der Waals surface area contributed by atoms with Crippen LogP contribution in [0.4, 0.5) is 0 Å². The zero-order chi connectivity index (χ0) is 10.8. The van der Waals surface area contributed by atoms with Crippen molar-refractivity contribution < 1.29 is 4.79 Å². The van der Waals surface area contributed by atoms with Crippen LogP contribution in [-0.4, -0.2) is 23.4 Å². The van der Waals surface area contributed by atoms with Crippen molar-refractivity contribution >= 4 is 18.5 Å². The normalized spacial score (nSPS) is 15.1. The highest BCUT2D eigenvalue weighted by Crippen LogP contribution is 2.28. The highest BCUT2D eigenvalue weighted by atomic mass is 32.1. The van der Waals surface area contributed by atoms with Crippen molar-refractivity contribution in [2.24, 2.45) is 0 Å². The summed E-state index contributed by atoms with van der Waals surface area (Å²) < 4.78 is 0. The predicted octanol–water partition coefficient (Wildman–Crippen LogP) is 2.60. The molecule has 15 heavy (non-hydrogen) atoms. The van der Waals surface area contributed by atoms with Crippen molar-refractivity contribution in [3.8, 4) is 0 Å². The summed E-state index contributed by atoms with van der Waals surface area (Å²) in [4.78, 5) is 14.9. The molecular weight excluding hydrogens is 206 g/mol. The van der Waals surface area contributed by atoms with E-state index >= 15 is 0 Å². The molecule has 3 heteroatoms. The molecule has 1 amide bonds. The number of amides is 1. The maximum Gasteiger partial charge on any atom is 0.254 e. The van der Waals surface area contributed by atoms with Crippen molar-refractivity contribution in [2.75, 3.05) is 6.54 Å². The smallest absolute Gasteiger partial charge is 0.254 e.